The lowest BCUT2D eigenvalue weighted by molar-refractivity contribution is -0.124. The number of hydrogen-bond acceptors (Lipinski definition) is 4. The number of Topliss-reactive ketones (excluding diaryl/α,β-unsaturated/α-hetero) is 1. The fourth-order valence-corrected chi connectivity index (χ4v) is 1.14. The van der Waals surface area contributed by atoms with Crippen LogP contribution in [0, 0.1) is 5.92 Å². The fraction of sp³-hybridized carbons (Fsp3) is 0.545. The molecule has 0 aromatic rings. The normalized spacial score (nSPS) is 15.0. The quantitative estimate of drug-likeness (QED) is 0.740. The standard InChI is InChI=1S/C11H17N3O2/c1-8(2)10(15)6-13-11(16)9-7-14(3)5-4-12-9/h4,7-8H,5-6H2,1-3H3,(H,13,16). The van der Waals surface area contributed by atoms with Gasteiger partial charge in [-0.3, -0.25) is 14.6 Å². The third-order valence-corrected chi connectivity index (χ3v) is 2.24. The Morgan fingerprint density at radius 3 is 2.81 bits per heavy atom. The summed E-state index contributed by atoms with van der Waals surface area (Å²) in [5.41, 5.74) is 0.338. The van der Waals surface area contributed by atoms with Crippen LogP contribution in [-0.4, -0.2) is 42.9 Å². The van der Waals surface area contributed by atoms with E-state index in [1.54, 1.807) is 26.3 Å². The van der Waals surface area contributed by atoms with Gasteiger partial charge in [-0.2, -0.15) is 0 Å². The summed E-state index contributed by atoms with van der Waals surface area (Å²) in [6.07, 6.45) is 3.33. The van der Waals surface area contributed by atoms with Crippen LogP contribution in [0.3, 0.4) is 0 Å². The van der Waals surface area contributed by atoms with Crippen LogP contribution in [0.5, 0.6) is 0 Å². The molecule has 1 N–H and O–H groups in total. The maximum absolute atomic E-state index is 11.6. The van der Waals surface area contributed by atoms with Gasteiger partial charge >= 0.3 is 0 Å². The highest BCUT2D eigenvalue weighted by molar-refractivity contribution is 5.97. The number of carbonyl (C=O) groups excluding carboxylic acids is 2. The van der Waals surface area contributed by atoms with E-state index >= 15 is 0 Å². The lowest BCUT2D eigenvalue weighted by atomic mass is 10.1. The molecule has 1 rings (SSSR count). The molecule has 0 aromatic carbocycles. The van der Waals surface area contributed by atoms with Crippen LogP contribution < -0.4 is 5.32 Å². The summed E-state index contributed by atoms with van der Waals surface area (Å²) < 4.78 is 0. The number of aliphatic imine (C=N–C) groups is 1. The van der Waals surface area contributed by atoms with E-state index in [1.807, 2.05) is 11.9 Å². The van der Waals surface area contributed by atoms with E-state index in [0.717, 1.165) is 0 Å². The highest BCUT2D eigenvalue weighted by atomic mass is 16.2. The second kappa shape index (κ2) is 5.44. The Hall–Kier alpha value is -1.65. The van der Waals surface area contributed by atoms with Crippen molar-refractivity contribution in [2.45, 2.75) is 13.8 Å². The SMILES string of the molecule is CC(C)C(=O)CNC(=O)C1=CN(C)CC=N1. The van der Waals surface area contributed by atoms with Crippen molar-refractivity contribution in [1.29, 1.82) is 0 Å². The van der Waals surface area contributed by atoms with Crippen LogP contribution in [0.4, 0.5) is 0 Å². The summed E-state index contributed by atoms with van der Waals surface area (Å²) in [6, 6.07) is 0. The maximum atomic E-state index is 11.6. The number of amides is 1. The van der Waals surface area contributed by atoms with E-state index in [-0.39, 0.29) is 24.2 Å². The summed E-state index contributed by atoms with van der Waals surface area (Å²) in [7, 11) is 1.86. The Morgan fingerprint density at radius 2 is 2.25 bits per heavy atom. The fourth-order valence-electron chi connectivity index (χ4n) is 1.14. The molecule has 0 saturated heterocycles. The molecule has 5 nitrogen and oxygen atoms in total. The molecule has 0 bridgehead atoms. The minimum atomic E-state index is -0.309. The molecule has 0 aromatic heterocycles. The number of nitrogens with zero attached hydrogens (tertiary/aromatic N) is 2. The van der Waals surface area contributed by atoms with Crippen molar-refractivity contribution in [3.63, 3.8) is 0 Å². The number of nitrogens with one attached hydrogen (secondary N) is 1. The average molecular weight is 223 g/mol. The predicted molar refractivity (Wildman–Crippen MR) is 62.1 cm³/mol. The largest absolute Gasteiger partial charge is 0.373 e. The van der Waals surface area contributed by atoms with Crippen LogP contribution in [-0.2, 0) is 9.59 Å². The molecule has 1 aliphatic heterocycles. The highest BCUT2D eigenvalue weighted by Gasteiger charge is 2.14. The third-order valence-electron chi connectivity index (χ3n) is 2.24. The van der Waals surface area contributed by atoms with Crippen molar-refractivity contribution in [3.8, 4) is 0 Å². The van der Waals surface area contributed by atoms with Crippen molar-refractivity contribution in [1.82, 2.24) is 10.2 Å². The number of carbonyl (C=O) groups is 2. The molecule has 88 valence electrons. The Balaban J connectivity index is 2.47. The molecule has 0 fully saturated rings. The predicted octanol–water partition coefficient (Wildman–Crippen LogP) is 0.185. The molecule has 1 heterocycles. The molecule has 5 heteroatoms. The molecule has 1 aliphatic rings. The first-order valence-electron chi connectivity index (χ1n) is 5.26. The average Bonchev–Trinajstić information content (AvgIpc) is 2.25. The van der Waals surface area contributed by atoms with Gasteiger partial charge < -0.3 is 10.2 Å². The Labute approximate surface area is 95.2 Å². The van der Waals surface area contributed by atoms with Gasteiger partial charge in [-0.1, -0.05) is 13.8 Å². The smallest absolute Gasteiger partial charge is 0.271 e. The zero-order valence-corrected chi connectivity index (χ0v) is 9.86. The van der Waals surface area contributed by atoms with Crippen molar-refractivity contribution in [2.75, 3.05) is 20.1 Å². The topological polar surface area (TPSA) is 61.8 Å². The van der Waals surface area contributed by atoms with Gasteiger partial charge in [0.05, 0.1) is 13.1 Å². The molecule has 0 aliphatic carbocycles. The molecule has 0 radical (unpaired) electrons. The van der Waals surface area contributed by atoms with Crippen molar-refractivity contribution < 1.29 is 9.59 Å². The zero-order valence-electron chi connectivity index (χ0n) is 9.86. The highest BCUT2D eigenvalue weighted by Crippen LogP contribution is 2.03. The van der Waals surface area contributed by atoms with Crippen LogP contribution >= 0.6 is 0 Å². The van der Waals surface area contributed by atoms with E-state index in [2.05, 4.69) is 10.3 Å². The summed E-state index contributed by atoms with van der Waals surface area (Å²) in [4.78, 5) is 28.7. The second-order valence-electron chi connectivity index (χ2n) is 4.07. The van der Waals surface area contributed by atoms with Crippen molar-refractivity contribution >= 4 is 17.9 Å². The lowest BCUT2D eigenvalue weighted by Crippen LogP contribution is -2.33. The van der Waals surface area contributed by atoms with Crippen molar-refractivity contribution in [3.05, 3.63) is 11.9 Å². The zero-order chi connectivity index (χ0) is 12.1. The number of rotatable bonds is 4. The second-order valence-corrected chi connectivity index (χ2v) is 4.07. The first-order valence-corrected chi connectivity index (χ1v) is 5.26. The Morgan fingerprint density at radius 1 is 1.56 bits per heavy atom. The Bertz CT molecular complexity index is 345. The molecule has 1 amide bonds. The van der Waals surface area contributed by atoms with E-state index in [4.69, 9.17) is 0 Å². The first-order chi connectivity index (χ1) is 7.50. The van der Waals surface area contributed by atoms with Crippen LogP contribution in [0.2, 0.25) is 0 Å². The van der Waals surface area contributed by atoms with Gasteiger partial charge in [0, 0.05) is 25.4 Å². The molecule has 0 unspecified atom stereocenters. The van der Waals surface area contributed by atoms with Gasteiger partial charge in [0.2, 0.25) is 0 Å². The molecular weight excluding hydrogens is 206 g/mol. The molecule has 0 saturated carbocycles. The van der Waals surface area contributed by atoms with E-state index in [9.17, 15) is 9.59 Å². The number of ketones is 1. The van der Waals surface area contributed by atoms with Gasteiger partial charge in [-0.15, -0.1) is 0 Å². The molecular formula is C11H17N3O2. The first kappa shape index (κ1) is 12.4. The van der Waals surface area contributed by atoms with Crippen molar-refractivity contribution in [2.24, 2.45) is 10.9 Å². The summed E-state index contributed by atoms with van der Waals surface area (Å²) in [5, 5.41) is 2.56. The van der Waals surface area contributed by atoms with E-state index in [0.29, 0.717) is 12.2 Å². The summed E-state index contributed by atoms with van der Waals surface area (Å²) in [6.45, 7) is 4.37. The van der Waals surface area contributed by atoms with Crippen LogP contribution in [0.1, 0.15) is 13.8 Å². The maximum Gasteiger partial charge on any atom is 0.271 e. The third kappa shape index (κ3) is 3.49. The minimum Gasteiger partial charge on any atom is -0.373 e. The number of hydrogen-bond donors (Lipinski definition) is 1. The van der Waals surface area contributed by atoms with E-state index < -0.39 is 0 Å². The summed E-state index contributed by atoms with van der Waals surface area (Å²) in [5.74, 6) is -0.356. The molecule has 16 heavy (non-hydrogen) atoms. The Kier molecular flexibility index (Phi) is 4.22. The monoisotopic (exact) mass is 223 g/mol. The van der Waals surface area contributed by atoms with Gasteiger partial charge in [0.1, 0.15) is 5.70 Å². The molecule has 0 spiro atoms. The minimum absolute atomic E-state index is 0.0158. The van der Waals surface area contributed by atoms with E-state index in [1.165, 1.54) is 0 Å². The molecule has 0 atom stereocenters. The lowest BCUT2D eigenvalue weighted by Gasteiger charge is -2.16. The van der Waals surface area contributed by atoms with Crippen LogP contribution in [0.15, 0.2) is 16.9 Å². The van der Waals surface area contributed by atoms with Gasteiger partial charge in [-0.05, 0) is 0 Å². The van der Waals surface area contributed by atoms with Gasteiger partial charge in [-0.25, -0.2) is 0 Å². The summed E-state index contributed by atoms with van der Waals surface area (Å²) >= 11 is 0. The van der Waals surface area contributed by atoms with Gasteiger partial charge in [0.25, 0.3) is 5.91 Å². The van der Waals surface area contributed by atoms with Gasteiger partial charge in [0.15, 0.2) is 5.78 Å². The van der Waals surface area contributed by atoms with Crippen LogP contribution in [0.25, 0.3) is 0 Å².